The van der Waals surface area contributed by atoms with Crippen LogP contribution in [0.15, 0.2) is 18.5 Å². The van der Waals surface area contributed by atoms with Crippen LogP contribution >= 0.6 is 0 Å². The topological polar surface area (TPSA) is 52.7 Å². The highest BCUT2D eigenvalue weighted by molar-refractivity contribution is 5.78. The molecule has 0 amide bonds. The lowest BCUT2D eigenvalue weighted by molar-refractivity contribution is 0.237. The largest absolute Gasteiger partial charge is 0.369 e. The van der Waals surface area contributed by atoms with Crippen LogP contribution < -0.4 is 0 Å². The molecule has 0 aliphatic heterocycles. The molecule has 0 unspecified atom stereocenters. The molecule has 0 saturated carbocycles. The third kappa shape index (κ3) is 2.32. The molecule has 0 aliphatic carbocycles. The third-order valence-electron chi connectivity index (χ3n) is 3.18. The summed E-state index contributed by atoms with van der Waals surface area (Å²) in [5, 5.41) is 8.48. The van der Waals surface area contributed by atoms with Crippen LogP contribution in [0, 0.1) is 6.92 Å². The van der Waals surface area contributed by atoms with Gasteiger partial charge in [0.15, 0.2) is 0 Å². The molecule has 0 bridgehead atoms. The summed E-state index contributed by atoms with van der Waals surface area (Å²) < 4.78 is 2.80. The minimum Gasteiger partial charge on any atom is -0.244 e. The second kappa shape index (κ2) is 4.99. The molecule has 5 nitrogen and oxygen atoms in total. The Hall–Kier alpha value is -1.91. The number of carbonyl (C=O) groups is 1. The van der Waals surface area contributed by atoms with Crippen LogP contribution in [-0.4, -0.2) is 25.6 Å². The van der Waals surface area contributed by atoms with Gasteiger partial charge in [0.2, 0.25) is 0 Å². The van der Waals surface area contributed by atoms with E-state index in [1.54, 1.807) is 18.5 Å². The first kappa shape index (κ1) is 13.5. The van der Waals surface area contributed by atoms with E-state index in [9.17, 15) is 4.79 Å². The molecule has 0 spiro atoms. The van der Waals surface area contributed by atoms with E-state index >= 15 is 0 Å². The second-order valence-corrected chi connectivity index (χ2v) is 5.35. The van der Waals surface area contributed by atoms with Crippen molar-refractivity contribution in [2.45, 2.75) is 46.5 Å². The Morgan fingerprint density at radius 2 is 1.89 bits per heavy atom. The number of hydrogen-bond donors (Lipinski definition) is 0. The molecule has 0 N–H and O–H groups in total. The minimum atomic E-state index is -0.233. The van der Waals surface area contributed by atoms with Gasteiger partial charge in [0.05, 0.1) is 11.4 Å². The lowest BCUT2D eigenvalue weighted by atomic mass is 10.0. The van der Waals surface area contributed by atoms with Gasteiger partial charge >= 0.3 is 6.03 Å². The van der Waals surface area contributed by atoms with Crippen molar-refractivity contribution in [2.24, 2.45) is 0 Å². The van der Waals surface area contributed by atoms with Crippen molar-refractivity contribution in [3.8, 4) is 0 Å². The smallest absolute Gasteiger partial charge is 0.244 e. The number of aromatic nitrogens is 4. The molecule has 102 valence electrons. The fraction of sp³-hybridized carbons (Fsp3) is 0.500. The van der Waals surface area contributed by atoms with E-state index < -0.39 is 0 Å². The Morgan fingerprint density at radius 3 is 2.37 bits per heavy atom. The Labute approximate surface area is 113 Å². The predicted molar refractivity (Wildman–Crippen MR) is 73.6 cm³/mol. The van der Waals surface area contributed by atoms with Crippen molar-refractivity contribution in [2.75, 3.05) is 0 Å². The third-order valence-corrected chi connectivity index (χ3v) is 3.18. The van der Waals surface area contributed by atoms with Crippen LogP contribution in [0.25, 0.3) is 0 Å². The average molecular weight is 260 g/mol. The molecule has 2 aromatic heterocycles. The fourth-order valence-corrected chi connectivity index (χ4v) is 2.38. The van der Waals surface area contributed by atoms with Gasteiger partial charge in [-0.25, -0.2) is 4.79 Å². The Kier molecular flexibility index (Phi) is 3.55. The molecule has 2 heterocycles. The first-order valence-corrected chi connectivity index (χ1v) is 6.57. The van der Waals surface area contributed by atoms with Crippen LogP contribution in [0.1, 0.15) is 56.5 Å². The van der Waals surface area contributed by atoms with E-state index in [1.807, 2.05) is 6.92 Å². The molecule has 0 fully saturated rings. The van der Waals surface area contributed by atoms with E-state index in [1.165, 1.54) is 9.36 Å². The van der Waals surface area contributed by atoms with Crippen LogP contribution in [0.3, 0.4) is 0 Å². The van der Waals surface area contributed by atoms with Crippen molar-refractivity contribution in [1.29, 1.82) is 0 Å². The van der Waals surface area contributed by atoms with Crippen molar-refractivity contribution >= 4 is 6.03 Å². The summed E-state index contributed by atoms with van der Waals surface area (Å²) in [7, 11) is 0. The molecule has 2 aromatic rings. The molecule has 19 heavy (non-hydrogen) atoms. The molecule has 0 saturated heterocycles. The Bertz CT molecular complexity index is 579. The summed E-state index contributed by atoms with van der Waals surface area (Å²) in [6.07, 6.45) is 3.23. The SMILES string of the molecule is Cc1c(C(C)C)nn(C(=O)n2cccn2)c1C(C)C. The lowest BCUT2D eigenvalue weighted by Crippen LogP contribution is -2.23. The zero-order valence-electron chi connectivity index (χ0n) is 12.1. The summed E-state index contributed by atoms with van der Waals surface area (Å²) in [6.45, 7) is 10.3. The molecular weight excluding hydrogens is 240 g/mol. The summed E-state index contributed by atoms with van der Waals surface area (Å²) in [5.74, 6) is 0.531. The molecule has 5 heteroatoms. The van der Waals surface area contributed by atoms with Gasteiger partial charge in [0.1, 0.15) is 0 Å². The zero-order chi connectivity index (χ0) is 14.2. The molecule has 0 aliphatic rings. The quantitative estimate of drug-likeness (QED) is 0.833. The lowest BCUT2D eigenvalue weighted by Gasteiger charge is -2.09. The second-order valence-electron chi connectivity index (χ2n) is 5.35. The van der Waals surface area contributed by atoms with Crippen LogP contribution in [0.4, 0.5) is 4.79 Å². The van der Waals surface area contributed by atoms with Crippen molar-refractivity contribution in [1.82, 2.24) is 19.6 Å². The fourth-order valence-electron chi connectivity index (χ4n) is 2.38. The average Bonchev–Trinajstić information content (AvgIpc) is 2.94. The number of nitrogens with zero attached hydrogens (tertiary/aromatic N) is 4. The molecule has 0 radical (unpaired) electrons. The molecular formula is C14H20N4O. The molecule has 2 rings (SSSR count). The van der Waals surface area contributed by atoms with E-state index in [-0.39, 0.29) is 11.9 Å². The predicted octanol–water partition coefficient (Wildman–Crippen LogP) is 3.15. The van der Waals surface area contributed by atoms with Gasteiger partial charge in [-0.15, -0.1) is 0 Å². The maximum absolute atomic E-state index is 12.4. The van der Waals surface area contributed by atoms with Crippen LogP contribution in [-0.2, 0) is 0 Å². The number of carbonyl (C=O) groups excluding carboxylic acids is 1. The molecule has 0 atom stereocenters. The Morgan fingerprint density at radius 1 is 1.21 bits per heavy atom. The highest BCUT2D eigenvalue weighted by atomic mass is 16.2. The van der Waals surface area contributed by atoms with Gasteiger partial charge < -0.3 is 0 Å². The first-order chi connectivity index (χ1) is 8.93. The highest BCUT2D eigenvalue weighted by Gasteiger charge is 2.23. The van der Waals surface area contributed by atoms with Crippen LogP contribution in [0.2, 0.25) is 0 Å². The van der Waals surface area contributed by atoms with Gasteiger partial charge in [-0.05, 0) is 30.4 Å². The maximum atomic E-state index is 12.4. The first-order valence-electron chi connectivity index (χ1n) is 6.57. The maximum Gasteiger partial charge on any atom is 0.369 e. The normalized spacial score (nSPS) is 11.5. The van der Waals surface area contributed by atoms with Gasteiger partial charge in [-0.1, -0.05) is 27.7 Å². The summed E-state index contributed by atoms with van der Waals surface area (Å²) in [6, 6.07) is 1.50. The summed E-state index contributed by atoms with van der Waals surface area (Å²) in [5.41, 5.74) is 3.04. The monoisotopic (exact) mass is 260 g/mol. The molecule has 0 aromatic carbocycles. The minimum absolute atomic E-state index is 0.233. The van der Waals surface area contributed by atoms with Crippen molar-refractivity contribution < 1.29 is 4.79 Å². The van der Waals surface area contributed by atoms with Crippen molar-refractivity contribution in [3.05, 3.63) is 35.4 Å². The number of rotatable bonds is 2. The van der Waals surface area contributed by atoms with E-state index in [0.717, 1.165) is 17.0 Å². The van der Waals surface area contributed by atoms with E-state index in [4.69, 9.17) is 0 Å². The summed E-state index contributed by atoms with van der Waals surface area (Å²) in [4.78, 5) is 12.4. The standard InChI is InChI=1S/C14H20N4O/c1-9(2)12-11(5)13(10(3)4)18(16-12)14(19)17-8-6-7-15-17/h6-10H,1-5H3. The number of hydrogen-bond acceptors (Lipinski definition) is 3. The zero-order valence-corrected chi connectivity index (χ0v) is 12.1. The van der Waals surface area contributed by atoms with Crippen LogP contribution in [0.5, 0.6) is 0 Å². The van der Waals surface area contributed by atoms with E-state index in [0.29, 0.717) is 5.92 Å². The van der Waals surface area contributed by atoms with Gasteiger partial charge in [-0.2, -0.15) is 19.6 Å². The Balaban J connectivity index is 2.56. The van der Waals surface area contributed by atoms with Gasteiger partial charge in [0.25, 0.3) is 0 Å². The highest BCUT2D eigenvalue weighted by Crippen LogP contribution is 2.26. The van der Waals surface area contributed by atoms with Gasteiger partial charge in [0, 0.05) is 12.4 Å². The van der Waals surface area contributed by atoms with E-state index in [2.05, 4.69) is 37.9 Å². The summed E-state index contributed by atoms with van der Waals surface area (Å²) >= 11 is 0. The van der Waals surface area contributed by atoms with Crippen molar-refractivity contribution in [3.63, 3.8) is 0 Å². The van der Waals surface area contributed by atoms with Gasteiger partial charge in [-0.3, -0.25) is 0 Å².